The van der Waals surface area contributed by atoms with Crippen LogP contribution in [0.25, 0.3) is 0 Å². The minimum atomic E-state index is 0.0748. The average molecular weight is 289 g/mol. The number of rotatable bonds is 5. The maximum Gasteiger partial charge on any atom is 0.225 e. The summed E-state index contributed by atoms with van der Waals surface area (Å²) in [6.45, 7) is 7.71. The van der Waals surface area contributed by atoms with Crippen molar-refractivity contribution >= 4 is 17.3 Å². The molecule has 1 heterocycles. The largest absolute Gasteiger partial charge is 0.399 e. The summed E-state index contributed by atoms with van der Waals surface area (Å²) >= 11 is 0. The van der Waals surface area contributed by atoms with E-state index in [0.29, 0.717) is 12.1 Å². The topological polar surface area (TPSA) is 58.4 Å². The van der Waals surface area contributed by atoms with Crippen molar-refractivity contribution in [2.24, 2.45) is 11.8 Å². The van der Waals surface area contributed by atoms with E-state index in [9.17, 15) is 4.79 Å². The van der Waals surface area contributed by atoms with Gasteiger partial charge in [-0.15, -0.1) is 0 Å². The molecule has 1 amide bonds. The van der Waals surface area contributed by atoms with Crippen molar-refractivity contribution < 1.29 is 4.79 Å². The van der Waals surface area contributed by atoms with Gasteiger partial charge in [-0.25, -0.2) is 0 Å². The first-order valence-corrected chi connectivity index (χ1v) is 7.92. The van der Waals surface area contributed by atoms with Gasteiger partial charge in [-0.1, -0.05) is 13.8 Å². The number of nitrogens with two attached hydrogens (primary N) is 1. The lowest BCUT2D eigenvalue weighted by atomic mass is 9.87. The van der Waals surface area contributed by atoms with Crippen LogP contribution in [0.15, 0.2) is 24.3 Å². The number of nitrogens with zero attached hydrogens (tertiary/aromatic N) is 1. The molecule has 3 N–H and O–H groups in total. The standard InChI is InChI=1S/C17H27N3O/c1-13(2)14-7-10-20(11-8-14)12-9-17(21)19-16-5-3-15(18)4-6-16/h3-6,13-14H,7-12,18H2,1-2H3,(H,19,21). The molecule has 116 valence electrons. The predicted molar refractivity (Wildman–Crippen MR) is 88.1 cm³/mol. The Bertz CT molecular complexity index is 448. The molecule has 0 unspecified atom stereocenters. The van der Waals surface area contributed by atoms with E-state index in [0.717, 1.165) is 37.2 Å². The number of benzene rings is 1. The molecule has 0 aromatic heterocycles. The monoisotopic (exact) mass is 289 g/mol. The molecule has 0 radical (unpaired) electrons. The zero-order valence-electron chi connectivity index (χ0n) is 13.1. The minimum Gasteiger partial charge on any atom is -0.399 e. The lowest BCUT2D eigenvalue weighted by Gasteiger charge is -2.33. The van der Waals surface area contributed by atoms with Crippen molar-refractivity contribution in [2.75, 3.05) is 30.7 Å². The van der Waals surface area contributed by atoms with Crippen LogP contribution >= 0.6 is 0 Å². The third kappa shape index (κ3) is 5.05. The van der Waals surface area contributed by atoms with Crippen molar-refractivity contribution in [1.82, 2.24) is 4.90 Å². The molecule has 1 aromatic carbocycles. The second-order valence-corrected chi connectivity index (χ2v) is 6.34. The molecule has 2 rings (SSSR count). The highest BCUT2D eigenvalue weighted by atomic mass is 16.1. The van der Waals surface area contributed by atoms with Gasteiger partial charge >= 0.3 is 0 Å². The molecule has 1 aromatic rings. The van der Waals surface area contributed by atoms with Gasteiger partial charge in [-0.05, 0) is 62.0 Å². The molecule has 0 saturated carbocycles. The quantitative estimate of drug-likeness (QED) is 0.819. The van der Waals surface area contributed by atoms with Crippen molar-refractivity contribution in [3.05, 3.63) is 24.3 Å². The van der Waals surface area contributed by atoms with Gasteiger partial charge in [-0.3, -0.25) is 4.79 Å². The molecule has 4 heteroatoms. The Balaban J connectivity index is 1.69. The summed E-state index contributed by atoms with van der Waals surface area (Å²) in [6, 6.07) is 7.27. The van der Waals surface area contributed by atoms with Gasteiger partial charge in [0.25, 0.3) is 0 Å². The molecule has 0 spiro atoms. The summed E-state index contributed by atoms with van der Waals surface area (Å²) in [7, 11) is 0. The molecule has 1 fully saturated rings. The third-order valence-corrected chi connectivity index (χ3v) is 4.42. The zero-order valence-corrected chi connectivity index (χ0v) is 13.1. The van der Waals surface area contributed by atoms with Crippen LogP contribution in [0.5, 0.6) is 0 Å². The van der Waals surface area contributed by atoms with Gasteiger partial charge in [0.15, 0.2) is 0 Å². The fraction of sp³-hybridized carbons (Fsp3) is 0.588. The van der Waals surface area contributed by atoms with E-state index in [1.165, 1.54) is 12.8 Å². The van der Waals surface area contributed by atoms with E-state index in [1.807, 2.05) is 12.1 Å². The molecular formula is C17H27N3O. The highest BCUT2D eigenvalue weighted by Gasteiger charge is 2.21. The number of nitrogen functional groups attached to an aromatic ring is 1. The maximum absolute atomic E-state index is 11.9. The lowest BCUT2D eigenvalue weighted by Crippen LogP contribution is -2.37. The molecule has 1 aliphatic heterocycles. The normalized spacial score (nSPS) is 17.1. The number of anilines is 2. The van der Waals surface area contributed by atoms with E-state index >= 15 is 0 Å². The first-order chi connectivity index (χ1) is 10.0. The Morgan fingerprint density at radius 3 is 2.48 bits per heavy atom. The number of nitrogens with one attached hydrogen (secondary N) is 1. The van der Waals surface area contributed by atoms with Crippen LogP contribution in [0, 0.1) is 11.8 Å². The van der Waals surface area contributed by atoms with Crippen LogP contribution in [0.1, 0.15) is 33.1 Å². The number of carbonyl (C=O) groups excluding carboxylic acids is 1. The van der Waals surface area contributed by atoms with Gasteiger partial charge in [0.1, 0.15) is 0 Å². The Hall–Kier alpha value is -1.55. The maximum atomic E-state index is 11.9. The van der Waals surface area contributed by atoms with Crippen LogP contribution in [0.3, 0.4) is 0 Å². The SMILES string of the molecule is CC(C)C1CCN(CCC(=O)Nc2ccc(N)cc2)CC1. The fourth-order valence-electron chi connectivity index (χ4n) is 2.89. The van der Waals surface area contributed by atoms with Crippen LogP contribution in [0.2, 0.25) is 0 Å². The Morgan fingerprint density at radius 1 is 1.29 bits per heavy atom. The van der Waals surface area contributed by atoms with Crippen molar-refractivity contribution in [3.63, 3.8) is 0 Å². The first-order valence-electron chi connectivity index (χ1n) is 7.92. The lowest BCUT2D eigenvalue weighted by molar-refractivity contribution is -0.116. The van der Waals surface area contributed by atoms with E-state index in [2.05, 4.69) is 24.1 Å². The predicted octanol–water partition coefficient (Wildman–Crippen LogP) is 2.97. The van der Waals surface area contributed by atoms with Crippen LogP contribution in [0.4, 0.5) is 11.4 Å². The minimum absolute atomic E-state index is 0.0748. The summed E-state index contributed by atoms with van der Waals surface area (Å²) in [4.78, 5) is 14.3. The van der Waals surface area contributed by atoms with Gasteiger partial charge in [-0.2, -0.15) is 0 Å². The summed E-state index contributed by atoms with van der Waals surface area (Å²) in [5.74, 6) is 1.71. The number of hydrogen-bond acceptors (Lipinski definition) is 3. The summed E-state index contributed by atoms with van der Waals surface area (Å²) < 4.78 is 0. The Morgan fingerprint density at radius 2 is 1.90 bits per heavy atom. The summed E-state index contributed by atoms with van der Waals surface area (Å²) in [5.41, 5.74) is 7.15. The van der Waals surface area contributed by atoms with E-state index < -0.39 is 0 Å². The smallest absolute Gasteiger partial charge is 0.225 e. The molecule has 1 saturated heterocycles. The Kier molecular flexibility index (Phi) is 5.62. The van der Waals surface area contributed by atoms with Gasteiger partial charge < -0.3 is 16.0 Å². The molecular weight excluding hydrogens is 262 g/mol. The average Bonchev–Trinajstić information content (AvgIpc) is 2.48. The molecule has 1 aliphatic rings. The zero-order chi connectivity index (χ0) is 15.2. The number of carbonyl (C=O) groups is 1. The summed E-state index contributed by atoms with van der Waals surface area (Å²) in [5, 5.41) is 2.91. The Labute approximate surface area is 127 Å². The van der Waals surface area contributed by atoms with Crippen molar-refractivity contribution in [2.45, 2.75) is 33.1 Å². The van der Waals surface area contributed by atoms with Crippen molar-refractivity contribution in [3.8, 4) is 0 Å². The van der Waals surface area contributed by atoms with Gasteiger partial charge in [0.2, 0.25) is 5.91 Å². The van der Waals surface area contributed by atoms with Crippen LogP contribution in [-0.4, -0.2) is 30.4 Å². The number of hydrogen-bond donors (Lipinski definition) is 2. The van der Waals surface area contributed by atoms with E-state index in [4.69, 9.17) is 5.73 Å². The highest BCUT2D eigenvalue weighted by Crippen LogP contribution is 2.24. The second-order valence-electron chi connectivity index (χ2n) is 6.34. The number of amides is 1. The van der Waals surface area contributed by atoms with E-state index in [-0.39, 0.29) is 5.91 Å². The number of likely N-dealkylation sites (tertiary alicyclic amines) is 1. The van der Waals surface area contributed by atoms with Gasteiger partial charge in [0.05, 0.1) is 0 Å². The van der Waals surface area contributed by atoms with E-state index in [1.54, 1.807) is 12.1 Å². The van der Waals surface area contributed by atoms with Crippen molar-refractivity contribution in [1.29, 1.82) is 0 Å². The van der Waals surface area contributed by atoms with Crippen LogP contribution in [-0.2, 0) is 4.79 Å². The third-order valence-electron chi connectivity index (χ3n) is 4.42. The highest BCUT2D eigenvalue weighted by molar-refractivity contribution is 5.90. The molecule has 0 aliphatic carbocycles. The molecule has 0 atom stereocenters. The molecule has 21 heavy (non-hydrogen) atoms. The summed E-state index contributed by atoms with van der Waals surface area (Å²) in [6.07, 6.45) is 3.07. The number of piperidine rings is 1. The van der Waals surface area contributed by atoms with Gasteiger partial charge in [0, 0.05) is 24.3 Å². The second kappa shape index (κ2) is 7.46. The first kappa shape index (κ1) is 15.8. The molecule has 4 nitrogen and oxygen atoms in total. The fourth-order valence-corrected chi connectivity index (χ4v) is 2.89. The molecule has 0 bridgehead atoms. The van der Waals surface area contributed by atoms with Crippen LogP contribution < -0.4 is 11.1 Å².